The van der Waals surface area contributed by atoms with Crippen LogP contribution in [0.3, 0.4) is 0 Å². The van der Waals surface area contributed by atoms with Crippen molar-refractivity contribution in [2.75, 3.05) is 24.3 Å². The lowest BCUT2D eigenvalue weighted by atomic mass is 9.83. The van der Waals surface area contributed by atoms with E-state index in [-0.39, 0.29) is 5.91 Å². The fourth-order valence-electron chi connectivity index (χ4n) is 4.54. The molecule has 34 heavy (non-hydrogen) atoms. The molecule has 1 fully saturated rings. The predicted octanol–water partition coefficient (Wildman–Crippen LogP) is 6.68. The number of amides is 1. The maximum atomic E-state index is 12.5. The number of benzene rings is 3. The van der Waals surface area contributed by atoms with Gasteiger partial charge < -0.3 is 14.8 Å². The van der Waals surface area contributed by atoms with Crippen LogP contribution in [0.1, 0.15) is 42.0 Å². The highest BCUT2D eigenvalue weighted by Crippen LogP contribution is 2.39. The van der Waals surface area contributed by atoms with Crippen molar-refractivity contribution >= 4 is 23.4 Å². The number of thioether (sulfide) groups is 1. The lowest BCUT2D eigenvalue weighted by Crippen LogP contribution is -2.40. The number of rotatable bonds is 8. The molecule has 3 aromatic carbocycles. The number of nitrogens with one attached hydrogen (secondary N) is 1. The maximum absolute atomic E-state index is 12.5. The minimum Gasteiger partial charge on any atom is -0.482 e. The van der Waals surface area contributed by atoms with Crippen LogP contribution in [-0.2, 0) is 21.6 Å². The first kappa shape index (κ1) is 24.4. The second kappa shape index (κ2) is 11.1. The summed E-state index contributed by atoms with van der Waals surface area (Å²) < 4.78 is 12.3. The highest BCUT2D eigenvalue weighted by molar-refractivity contribution is 7.99. The first-order valence-corrected chi connectivity index (χ1v) is 12.9. The van der Waals surface area contributed by atoms with Gasteiger partial charge in [0.25, 0.3) is 0 Å². The molecule has 5 heteroatoms. The third-order valence-electron chi connectivity index (χ3n) is 6.22. The van der Waals surface area contributed by atoms with Gasteiger partial charge in [0.15, 0.2) is 0 Å². The van der Waals surface area contributed by atoms with Gasteiger partial charge in [0.1, 0.15) is 11.4 Å². The zero-order valence-corrected chi connectivity index (χ0v) is 21.0. The van der Waals surface area contributed by atoms with E-state index < -0.39 is 5.60 Å². The molecular formula is C29H33NO3S. The van der Waals surface area contributed by atoms with Gasteiger partial charge in [0.2, 0.25) is 5.91 Å². The summed E-state index contributed by atoms with van der Waals surface area (Å²) in [5, 5.41) is 3.00. The number of hydrogen-bond donors (Lipinski definition) is 1. The molecule has 0 unspecified atom stereocenters. The van der Waals surface area contributed by atoms with Crippen LogP contribution in [0.5, 0.6) is 5.75 Å². The van der Waals surface area contributed by atoms with Crippen molar-refractivity contribution in [1.82, 2.24) is 0 Å². The highest BCUT2D eigenvalue weighted by atomic mass is 32.2. The minimum absolute atomic E-state index is 0.0271. The SMILES string of the molecule is CCSc1ccc(CC(=O)Nc2ccc(OC3(c4ccc(C)cc4C)CCOCC3)cc2)cc1. The van der Waals surface area contributed by atoms with E-state index in [9.17, 15) is 4.79 Å². The fourth-order valence-corrected chi connectivity index (χ4v) is 5.21. The van der Waals surface area contributed by atoms with Crippen molar-refractivity contribution in [2.24, 2.45) is 0 Å². The van der Waals surface area contributed by atoms with E-state index in [2.05, 4.69) is 56.4 Å². The molecule has 0 radical (unpaired) electrons. The Bertz CT molecular complexity index is 1100. The van der Waals surface area contributed by atoms with Crippen LogP contribution in [0.25, 0.3) is 0 Å². The monoisotopic (exact) mass is 475 g/mol. The normalized spacial score (nSPS) is 15.0. The molecule has 1 heterocycles. The van der Waals surface area contributed by atoms with E-state index in [4.69, 9.17) is 9.47 Å². The summed E-state index contributed by atoms with van der Waals surface area (Å²) in [6.45, 7) is 7.76. The molecule has 1 amide bonds. The van der Waals surface area contributed by atoms with E-state index in [1.165, 1.54) is 21.6 Å². The Labute approximate surface area is 207 Å². The standard InChI is InChI=1S/C29H33NO3S/c1-4-34-26-12-6-23(7-13-26)20-28(31)30-24-8-10-25(11-9-24)33-29(15-17-32-18-16-29)27-14-5-21(2)19-22(27)3/h5-14,19H,4,15-18,20H2,1-3H3,(H,30,31). The van der Waals surface area contributed by atoms with Crippen LogP contribution in [-0.4, -0.2) is 24.9 Å². The molecule has 1 saturated heterocycles. The molecule has 1 aliphatic rings. The second-order valence-corrected chi connectivity index (χ2v) is 10.2. The zero-order valence-electron chi connectivity index (χ0n) is 20.2. The van der Waals surface area contributed by atoms with Gasteiger partial charge in [0.05, 0.1) is 19.6 Å². The van der Waals surface area contributed by atoms with E-state index in [0.29, 0.717) is 19.6 Å². The first-order valence-electron chi connectivity index (χ1n) is 11.9. The fraction of sp³-hybridized carbons (Fsp3) is 0.345. The molecule has 0 aliphatic carbocycles. The number of carbonyl (C=O) groups excluding carboxylic acids is 1. The van der Waals surface area contributed by atoms with Gasteiger partial charge in [-0.1, -0.05) is 42.8 Å². The minimum atomic E-state index is -0.400. The Morgan fingerprint density at radius 1 is 1.00 bits per heavy atom. The van der Waals surface area contributed by atoms with E-state index in [0.717, 1.165) is 35.6 Å². The molecule has 178 valence electrons. The summed E-state index contributed by atoms with van der Waals surface area (Å²) in [5.41, 5.74) is 5.09. The van der Waals surface area contributed by atoms with Gasteiger partial charge in [-0.25, -0.2) is 0 Å². The summed E-state index contributed by atoms with van der Waals surface area (Å²) >= 11 is 1.80. The third kappa shape index (κ3) is 6.02. The van der Waals surface area contributed by atoms with Crippen molar-refractivity contribution in [3.05, 3.63) is 89.0 Å². The van der Waals surface area contributed by atoms with Gasteiger partial charge in [-0.05, 0) is 72.7 Å². The molecule has 4 nitrogen and oxygen atoms in total. The molecule has 4 rings (SSSR count). The first-order chi connectivity index (χ1) is 16.5. The van der Waals surface area contributed by atoms with Crippen LogP contribution < -0.4 is 10.1 Å². The number of ether oxygens (including phenoxy) is 2. The second-order valence-electron chi connectivity index (χ2n) is 8.85. The van der Waals surface area contributed by atoms with Crippen molar-refractivity contribution < 1.29 is 14.3 Å². The third-order valence-corrected chi connectivity index (χ3v) is 7.12. The number of anilines is 1. The molecule has 1 N–H and O–H groups in total. The Balaban J connectivity index is 1.42. The zero-order chi connectivity index (χ0) is 24.0. The van der Waals surface area contributed by atoms with Gasteiger partial charge >= 0.3 is 0 Å². The Hall–Kier alpha value is -2.76. The summed E-state index contributed by atoms with van der Waals surface area (Å²) in [5.74, 6) is 1.81. The highest BCUT2D eigenvalue weighted by Gasteiger charge is 2.38. The van der Waals surface area contributed by atoms with E-state index in [1.807, 2.05) is 36.4 Å². The lowest BCUT2D eigenvalue weighted by Gasteiger charge is -2.39. The Kier molecular flexibility index (Phi) is 7.96. The summed E-state index contributed by atoms with van der Waals surface area (Å²) in [7, 11) is 0. The molecule has 1 aliphatic heterocycles. The number of carbonyl (C=O) groups is 1. The average molecular weight is 476 g/mol. The summed E-state index contributed by atoms with van der Waals surface area (Å²) in [6.07, 6.45) is 1.97. The predicted molar refractivity (Wildman–Crippen MR) is 140 cm³/mol. The molecule has 0 aromatic heterocycles. The Morgan fingerprint density at radius 2 is 1.71 bits per heavy atom. The van der Waals surface area contributed by atoms with Crippen LogP contribution in [0.4, 0.5) is 5.69 Å². The van der Waals surface area contributed by atoms with Crippen molar-refractivity contribution in [2.45, 2.75) is 50.5 Å². The maximum Gasteiger partial charge on any atom is 0.228 e. The molecule has 0 atom stereocenters. The lowest BCUT2D eigenvalue weighted by molar-refractivity contribution is -0.115. The average Bonchev–Trinajstić information content (AvgIpc) is 2.82. The molecule has 0 bridgehead atoms. The van der Waals surface area contributed by atoms with Crippen molar-refractivity contribution in [1.29, 1.82) is 0 Å². The van der Waals surface area contributed by atoms with Crippen LogP contribution in [0, 0.1) is 13.8 Å². The van der Waals surface area contributed by atoms with Crippen molar-refractivity contribution in [3.8, 4) is 5.75 Å². The van der Waals surface area contributed by atoms with Crippen molar-refractivity contribution in [3.63, 3.8) is 0 Å². The van der Waals surface area contributed by atoms with Gasteiger partial charge in [-0.2, -0.15) is 0 Å². The largest absolute Gasteiger partial charge is 0.482 e. The van der Waals surface area contributed by atoms with Gasteiger partial charge in [-0.15, -0.1) is 11.8 Å². The smallest absolute Gasteiger partial charge is 0.228 e. The topological polar surface area (TPSA) is 47.6 Å². The van der Waals surface area contributed by atoms with E-state index >= 15 is 0 Å². The van der Waals surface area contributed by atoms with Gasteiger partial charge in [-0.3, -0.25) is 4.79 Å². The summed E-state index contributed by atoms with van der Waals surface area (Å²) in [4.78, 5) is 13.8. The van der Waals surface area contributed by atoms with E-state index in [1.54, 1.807) is 11.8 Å². The molecule has 0 saturated carbocycles. The van der Waals surface area contributed by atoms with Crippen LogP contribution in [0.2, 0.25) is 0 Å². The molecule has 3 aromatic rings. The Morgan fingerprint density at radius 3 is 2.35 bits per heavy atom. The van der Waals surface area contributed by atoms with Gasteiger partial charge in [0, 0.05) is 23.4 Å². The quantitative estimate of drug-likeness (QED) is 0.369. The van der Waals surface area contributed by atoms with Crippen LogP contribution >= 0.6 is 11.8 Å². The molecule has 0 spiro atoms. The summed E-state index contributed by atoms with van der Waals surface area (Å²) in [6, 6.07) is 22.4. The molecular weight excluding hydrogens is 442 g/mol. The number of hydrogen-bond acceptors (Lipinski definition) is 4. The number of aryl methyl sites for hydroxylation is 2. The van der Waals surface area contributed by atoms with Crippen LogP contribution in [0.15, 0.2) is 71.6 Å².